The molecule has 0 radical (unpaired) electrons. The van der Waals surface area contributed by atoms with Gasteiger partial charge >= 0.3 is 0 Å². The van der Waals surface area contributed by atoms with E-state index >= 15 is 0 Å². The molecule has 2 heterocycles. The Hall–Kier alpha value is -2.65. The maximum absolute atomic E-state index is 12.5. The third-order valence-electron chi connectivity index (χ3n) is 5.84. The zero-order chi connectivity index (χ0) is 25.3. The van der Waals surface area contributed by atoms with Crippen LogP contribution in [0.4, 0.5) is 11.5 Å². The first-order chi connectivity index (χ1) is 15.8. The third-order valence-corrected chi connectivity index (χ3v) is 7.34. The van der Waals surface area contributed by atoms with Gasteiger partial charge in [-0.3, -0.25) is 9.59 Å². The zero-order valence-corrected chi connectivity index (χ0v) is 21.9. The van der Waals surface area contributed by atoms with Gasteiger partial charge in [-0.2, -0.15) is 0 Å². The van der Waals surface area contributed by atoms with Crippen molar-refractivity contribution in [1.82, 2.24) is 14.9 Å². The Bertz CT molecular complexity index is 1170. The second-order valence-electron chi connectivity index (χ2n) is 9.99. The van der Waals surface area contributed by atoms with Crippen LogP contribution in [0.2, 0.25) is 5.02 Å². The Morgan fingerprint density at radius 1 is 1.24 bits per heavy atom. The Labute approximate surface area is 209 Å². The standard InChI is InChI=1S/C24H32ClN5O3S/c1-23(2,3)10-11-26-20-21(32)29-17(13-28-20)34-16-9-7-8-15(18(16)25)27-12-14-19(31)24(4,5)30(6)22(14)33/h7-9,13,27,31H,10-12H2,1-6H3,(H,26,28)(H,29,32). The number of rotatable bonds is 8. The van der Waals surface area contributed by atoms with Gasteiger partial charge in [-0.15, -0.1) is 0 Å². The number of carbonyl (C=O) groups is 1. The Balaban J connectivity index is 1.70. The van der Waals surface area contributed by atoms with Crippen molar-refractivity contribution in [2.24, 2.45) is 5.41 Å². The number of likely N-dealkylation sites (N-methyl/N-ethyl adjacent to an activating group) is 1. The van der Waals surface area contributed by atoms with E-state index in [0.29, 0.717) is 32.7 Å². The van der Waals surface area contributed by atoms with Crippen LogP contribution in [0.25, 0.3) is 0 Å². The van der Waals surface area contributed by atoms with Gasteiger partial charge in [0.2, 0.25) is 0 Å². The summed E-state index contributed by atoms with van der Waals surface area (Å²) in [7, 11) is 1.66. The number of hydrogen-bond donors (Lipinski definition) is 4. The number of aromatic amines is 1. The average molecular weight is 506 g/mol. The first kappa shape index (κ1) is 26.0. The number of aliphatic hydroxyl groups excluding tert-OH is 1. The van der Waals surface area contributed by atoms with Gasteiger partial charge in [0.1, 0.15) is 5.76 Å². The number of amides is 1. The smallest absolute Gasteiger partial charge is 0.291 e. The van der Waals surface area contributed by atoms with Crippen molar-refractivity contribution in [3.63, 3.8) is 0 Å². The summed E-state index contributed by atoms with van der Waals surface area (Å²) in [5.74, 6) is 0.114. The molecule has 0 aliphatic carbocycles. The van der Waals surface area contributed by atoms with Crippen LogP contribution in [-0.4, -0.2) is 51.6 Å². The fraction of sp³-hybridized carbons (Fsp3) is 0.458. The minimum atomic E-state index is -0.748. The third kappa shape index (κ3) is 5.70. The molecule has 1 aromatic heterocycles. The second-order valence-corrected chi connectivity index (χ2v) is 11.4. The number of benzene rings is 1. The minimum Gasteiger partial charge on any atom is -0.509 e. The van der Waals surface area contributed by atoms with E-state index in [-0.39, 0.29) is 35.0 Å². The molecule has 4 N–H and O–H groups in total. The van der Waals surface area contributed by atoms with Gasteiger partial charge in [0, 0.05) is 25.0 Å². The van der Waals surface area contributed by atoms with Crippen LogP contribution in [-0.2, 0) is 4.79 Å². The summed E-state index contributed by atoms with van der Waals surface area (Å²) < 4.78 is 0. The molecule has 1 aliphatic rings. The summed E-state index contributed by atoms with van der Waals surface area (Å²) in [6, 6.07) is 5.45. The molecule has 3 rings (SSSR count). The Morgan fingerprint density at radius 3 is 2.53 bits per heavy atom. The molecule has 1 aliphatic heterocycles. The number of nitrogens with one attached hydrogen (secondary N) is 3. The Morgan fingerprint density at radius 2 is 1.94 bits per heavy atom. The van der Waals surface area contributed by atoms with Crippen LogP contribution in [0, 0.1) is 5.41 Å². The summed E-state index contributed by atoms with van der Waals surface area (Å²) in [4.78, 5) is 34.2. The van der Waals surface area contributed by atoms with Gasteiger partial charge < -0.3 is 25.6 Å². The topological polar surface area (TPSA) is 110 Å². The number of hydrogen-bond acceptors (Lipinski definition) is 7. The summed E-state index contributed by atoms with van der Waals surface area (Å²) in [5.41, 5.74) is 0.0471. The van der Waals surface area contributed by atoms with E-state index in [1.165, 1.54) is 16.7 Å². The highest BCUT2D eigenvalue weighted by Gasteiger charge is 2.43. The molecule has 10 heteroatoms. The number of nitrogens with zero attached hydrogens (tertiary/aromatic N) is 2. The number of aromatic nitrogens is 2. The lowest BCUT2D eigenvalue weighted by atomic mass is 9.92. The maximum atomic E-state index is 12.5. The lowest BCUT2D eigenvalue weighted by Crippen LogP contribution is -2.40. The fourth-order valence-corrected chi connectivity index (χ4v) is 4.53. The van der Waals surface area contributed by atoms with Crippen molar-refractivity contribution in [1.29, 1.82) is 0 Å². The molecule has 184 valence electrons. The number of aliphatic hydroxyl groups is 1. The highest BCUT2D eigenvalue weighted by atomic mass is 35.5. The fourth-order valence-electron chi connectivity index (χ4n) is 3.39. The molecule has 0 saturated heterocycles. The van der Waals surface area contributed by atoms with E-state index in [1.807, 2.05) is 12.1 Å². The molecule has 34 heavy (non-hydrogen) atoms. The van der Waals surface area contributed by atoms with E-state index in [2.05, 4.69) is 41.4 Å². The summed E-state index contributed by atoms with van der Waals surface area (Å²) in [6.45, 7) is 10.8. The zero-order valence-electron chi connectivity index (χ0n) is 20.4. The second kappa shape index (κ2) is 9.92. The van der Waals surface area contributed by atoms with Crippen LogP contribution >= 0.6 is 23.4 Å². The summed E-state index contributed by atoms with van der Waals surface area (Å²) >= 11 is 7.89. The molecule has 0 spiro atoms. The molecule has 0 fully saturated rings. The van der Waals surface area contributed by atoms with Crippen molar-refractivity contribution in [2.45, 2.75) is 56.5 Å². The molecular weight excluding hydrogens is 474 g/mol. The molecule has 1 amide bonds. The molecule has 8 nitrogen and oxygen atoms in total. The van der Waals surface area contributed by atoms with Crippen molar-refractivity contribution < 1.29 is 9.90 Å². The first-order valence-electron chi connectivity index (χ1n) is 11.1. The first-order valence-corrected chi connectivity index (χ1v) is 12.2. The molecule has 0 bridgehead atoms. The lowest BCUT2D eigenvalue weighted by molar-refractivity contribution is -0.127. The van der Waals surface area contributed by atoms with Crippen LogP contribution in [0.1, 0.15) is 41.0 Å². The van der Waals surface area contributed by atoms with Crippen LogP contribution in [0.5, 0.6) is 0 Å². The number of anilines is 2. The van der Waals surface area contributed by atoms with E-state index < -0.39 is 5.54 Å². The van der Waals surface area contributed by atoms with E-state index in [0.717, 1.165) is 6.42 Å². The molecule has 0 unspecified atom stereocenters. The molecule has 0 atom stereocenters. The minimum absolute atomic E-state index is 0.0500. The average Bonchev–Trinajstić information content (AvgIpc) is 2.89. The van der Waals surface area contributed by atoms with Crippen molar-refractivity contribution in [3.8, 4) is 0 Å². The van der Waals surface area contributed by atoms with Crippen LogP contribution in [0.3, 0.4) is 0 Å². The highest BCUT2D eigenvalue weighted by Crippen LogP contribution is 2.37. The van der Waals surface area contributed by atoms with Crippen LogP contribution < -0.4 is 16.2 Å². The normalized spacial score (nSPS) is 15.7. The highest BCUT2D eigenvalue weighted by molar-refractivity contribution is 7.99. The van der Waals surface area contributed by atoms with Gasteiger partial charge in [0.15, 0.2) is 5.82 Å². The molecule has 2 aromatic rings. The summed E-state index contributed by atoms with van der Waals surface area (Å²) in [5, 5.41) is 17.7. The van der Waals surface area contributed by atoms with Crippen molar-refractivity contribution in [2.75, 3.05) is 30.8 Å². The quantitative estimate of drug-likeness (QED) is 0.404. The molecular formula is C24H32ClN5O3S. The van der Waals surface area contributed by atoms with Gasteiger partial charge in [0.25, 0.3) is 11.5 Å². The van der Waals surface area contributed by atoms with Crippen molar-refractivity contribution in [3.05, 3.63) is 51.1 Å². The van der Waals surface area contributed by atoms with Gasteiger partial charge in [-0.05, 0) is 37.8 Å². The van der Waals surface area contributed by atoms with Gasteiger partial charge in [-0.25, -0.2) is 4.98 Å². The van der Waals surface area contributed by atoms with Gasteiger partial charge in [0.05, 0.1) is 33.0 Å². The maximum Gasteiger partial charge on any atom is 0.291 e. The van der Waals surface area contributed by atoms with E-state index in [9.17, 15) is 14.7 Å². The van der Waals surface area contributed by atoms with Crippen LogP contribution in [0.15, 0.2) is 50.4 Å². The predicted octanol–water partition coefficient (Wildman–Crippen LogP) is 4.90. The predicted molar refractivity (Wildman–Crippen MR) is 138 cm³/mol. The molecule has 0 saturated carbocycles. The van der Waals surface area contributed by atoms with E-state index in [4.69, 9.17) is 11.6 Å². The van der Waals surface area contributed by atoms with Crippen molar-refractivity contribution >= 4 is 40.8 Å². The number of carbonyl (C=O) groups excluding carboxylic acids is 1. The SMILES string of the molecule is CN1C(=O)C(CNc2cccc(Sc3cnc(NCCC(C)(C)C)c(=O)[nH]3)c2Cl)=C(O)C1(C)C. The largest absolute Gasteiger partial charge is 0.509 e. The summed E-state index contributed by atoms with van der Waals surface area (Å²) in [6.07, 6.45) is 2.51. The monoisotopic (exact) mass is 505 g/mol. The molecule has 1 aromatic carbocycles. The number of halogens is 1. The lowest BCUT2D eigenvalue weighted by Gasteiger charge is -2.27. The van der Waals surface area contributed by atoms with E-state index in [1.54, 1.807) is 33.2 Å². The number of H-pyrrole nitrogens is 1. The Kier molecular flexibility index (Phi) is 7.57. The van der Waals surface area contributed by atoms with Gasteiger partial charge in [-0.1, -0.05) is 50.2 Å².